The molecule has 0 amide bonds. The third kappa shape index (κ3) is 3.56. The fourth-order valence-corrected chi connectivity index (χ4v) is 0.890. The maximum Gasteiger partial charge on any atom is 0.0332 e. The molecule has 1 heterocycles. The number of hydrogen-bond acceptors (Lipinski definition) is 1. The van der Waals surface area contributed by atoms with Gasteiger partial charge in [-0.25, -0.2) is 0 Å². The summed E-state index contributed by atoms with van der Waals surface area (Å²) in [7, 11) is 0. The van der Waals surface area contributed by atoms with Crippen LogP contribution in [-0.2, 0) is 0 Å². The van der Waals surface area contributed by atoms with Crippen molar-refractivity contribution < 1.29 is 0 Å². The molecule has 0 spiro atoms. The lowest BCUT2D eigenvalue weighted by molar-refractivity contribution is 1.03. The van der Waals surface area contributed by atoms with E-state index in [-0.39, 0.29) is 0 Å². The Bertz CT molecular complexity index is 219. The molecule has 0 aromatic heterocycles. The molecular weight excluding hydrogens is 134 g/mol. The molecule has 0 bridgehead atoms. The number of rotatable bonds is 0. The van der Waals surface area contributed by atoms with E-state index in [0.717, 1.165) is 18.5 Å². The van der Waals surface area contributed by atoms with Crippen LogP contribution in [0.15, 0.2) is 41.1 Å². The van der Waals surface area contributed by atoms with Crippen molar-refractivity contribution in [1.82, 2.24) is 0 Å². The minimum absolute atomic E-state index is 1.09. The van der Waals surface area contributed by atoms with Gasteiger partial charge in [0, 0.05) is 11.9 Å². The van der Waals surface area contributed by atoms with Gasteiger partial charge in [0.1, 0.15) is 0 Å². The predicted octanol–water partition coefficient (Wildman–Crippen LogP) is 2.87. The van der Waals surface area contributed by atoms with Crippen LogP contribution in [0.4, 0.5) is 0 Å². The Labute approximate surface area is 67.8 Å². The topological polar surface area (TPSA) is 12.4 Å². The van der Waals surface area contributed by atoms with Crippen LogP contribution in [0.2, 0.25) is 0 Å². The fraction of sp³-hybridized carbons (Fsp3) is 0.300. The van der Waals surface area contributed by atoms with Gasteiger partial charge in [-0.3, -0.25) is 4.99 Å². The molecule has 11 heavy (non-hydrogen) atoms. The molecule has 0 saturated carbocycles. The first kappa shape index (κ1) is 7.99. The summed E-state index contributed by atoms with van der Waals surface area (Å²) < 4.78 is 0. The Morgan fingerprint density at radius 2 is 2.09 bits per heavy atom. The molecule has 0 aromatic rings. The van der Waals surface area contributed by atoms with Gasteiger partial charge in [0.05, 0.1) is 0 Å². The van der Waals surface area contributed by atoms with Crippen molar-refractivity contribution in [2.75, 3.05) is 0 Å². The molecule has 0 saturated heterocycles. The molecule has 0 aliphatic carbocycles. The van der Waals surface area contributed by atoms with E-state index >= 15 is 0 Å². The monoisotopic (exact) mass is 147 g/mol. The van der Waals surface area contributed by atoms with E-state index in [9.17, 15) is 0 Å². The van der Waals surface area contributed by atoms with Crippen LogP contribution in [0, 0.1) is 0 Å². The third-order valence-electron chi connectivity index (χ3n) is 1.50. The second kappa shape index (κ2) is 4.67. The molecule has 1 nitrogen and oxygen atoms in total. The molecule has 1 aliphatic heterocycles. The molecule has 0 aromatic carbocycles. The number of aliphatic imine (C=N–C) groups is 1. The Morgan fingerprint density at radius 1 is 1.18 bits per heavy atom. The van der Waals surface area contributed by atoms with Gasteiger partial charge in [0.2, 0.25) is 0 Å². The van der Waals surface area contributed by atoms with Crippen LogP contribution in [0.5, 0.6) is 0 Å². The summed E-state index contributed by atoms with van der Waals surface area (Å²) in [5.41, 5.74) is 1.10. The summed E-state index contributed by atoms with van der Waals surface area (Å²) in [5, 5.41) is 0. The number of allylic oxidation sites excluding steroid dienone is 6. The average molecular weight is 147 g/mol. The summed E-state index contributed by atoms with van der Waals surface area (Å²) in [6.07, 6.45) is 14.3. The molecule has 0 unspecified atom stereocenters. The SMILES string of the molecule is CC1=CCC/C=C/C=C/C=N1. The first-order chi connectivity index (χ1) is 5.39. The lowest BCUT2D eigenvalue weighted by Crippen LogP contribution is -1.74. The predicted molar refractivity (Wildman–Crippen MR) is 49.8 cm³/mol. The summed E-state index contributed by atoms with van der Waals surface area (Å²) >= 11 is 0. The number of nitrogens with zero attached hydrogens (tertiary/aromatic N) is 1. The molecule has 1 rings (SSSR count). The first-order valence-corrected chi connectivity index (χ1v) is 3.92. The molecular formula is C10H13N. The third-order valence-corrected chi connectivity index (χ3v) is 1.50. The van der Waals surface area contributed by atoms with Gasteiger partial charge in [0.25, 0.3) is 0 Å². The minimum atomic E-state index is 1.09. The molecule has 58 valence electrons. The van der Waals surface area contributed by atoms with Gasteiger partial charge in [0.15, 0.2) is 0 Å². The van der Waals surface area contributed by atoms with Gasteiger partial charge < -0.3 is 0 Å². The van der Waals surface area contributed by atoms with Crippen molar-refractivity contribution >= 4 is 6.21 Å². The summed E-state index contributed by atoms with van der Waals surface area (Å²) in [6, 6.07) is 0. The Hall–Kier alpha value is -1.11. The van der Waals surface area contributed by atoms with Gasteiger partial charge in [-0.05, 0) is 25.8 Å². The fourth-order valence-electron chi connectivity index (χ4n) is 0.890. The van der Waals surface area contributed by atoms with Gasteiger partial charge >= 0.3 is 0 Å². The van der Waals surface area contributed by atoms with Gasteiger partial charge in [-0.2, -0.15) is 0 Å². The van der Waals surface area contributed by atoms with Crippen molar-refractivity contribution in [1.29, 1.82) is 0 Å². The number of hydrogen-bond donors (Lipinski definition) is 0. The zero-order valence-electron chi connectivity index (χ0n) is 6.83. The molecule has 0 fully saturated rings. The molecule has 1 heteroatoms. The van der Waals surface area contributed by atoms with E-state index in [0.29, 0.717) is 0 Å². The summed E-state index contributed by atoms with van der Waals surface area (Å²) in [6.45, 7) is 2.02. The zero-order chi connectivity index (χ0) is 7.94. The van der Waals surface area contributed by atoms with Gasteiger partial charge in [-0.1, -0.05) is 24.3 Å². The zero-order valence-corrected chi connectivity index (χ0v) is 6.83. The van der Waals surface area contributed by atoms with Crippen molar-refractivity contribution in [3.63, 3.8) is 0 Å². The van der Waals surface area contributed by atoms with Crippen molar-refractivity contribution in [2.45, 2.75) is 19.8 Å². The average Bonchev–Trinajstić information content (AvgIpc) is 2.03. The smallest absolute Gasteiger partial charge is 0.0332 e. The van der Waals surface area contributed by atoms with E-state index in [1.807, 2.05) is 25.3 Å². The maximum absolute atomic E-state index is 4.20. The van der Waals surface area contributed by atoms with Crippen LogP contribution in [0.3, 0.4) is 0 Å². The highest BCUT2D eigenvalue weighted by atomic mass is 14.7. The normalized spacial score (nSPS) is 23.9. The Morgan fingerprint density at radius 3 is 3.00 bits per heavy atom. The lowest BCUT2D eigenvalue weighted by Gasteiger charge is -1.92. The molecule has 1 aliphatic rings. The minimum Gasteiger partial charge on any atom is -0.262 e. The van der Waals surface area contributed by atoms with E-state index in [1.54, 1.807) is 0 Å². The quantitative estimate of drug-likeness (QED) is 0.499. The second-order valence-corrected chi connectivity index (χ2v) is 2.51. The Balaban J connectivity index is 2.64. The van der Waals surface area contributed by atoms with E-state index in [4.69, 9.17) is 0 Å². The maximum atomic E-state index is 4.20. The van der Waals surface area contributed by atoms with Crippen LogP contribution in [0.1, 0.15) is 19.8 Å². The Kier molecular flexibility index (Phi) is 3.39. The largest absolute Gasteiger partial charge is 0.262 e. The molecule has 0 radical (unpaired) electrons. The standard InChI is InChI=1S/C10H13N/c1-10-8-6-4-2-3-5-7-9-11-10/h2-3,5,7-9H,4,6H2,1H3/b3-2+,7-5+,10-8?,11-9?. The first-order valence-electron chi connectivity index (χ1n) is 3.92. The molecule has 0 N–H and O–H groups in total. The highest BCUT2D eigenvalue weighted by Crippen LogP contribution is 2.01. The highest BCUT2D eigenvalue weighted by Gasteiger charge is 1.82. The highest BCUT2D eigenvalue weighted by molar-refractivity contribution is 5.72. The van der Waals surface area contributed by atoms with E-state index in [1.165, 1.54) is 0 Å². The summed E-state index contributed by atoms with van der Waals surface area (Å²) in [5.74, 6) is 0. The lowest BCUT2D eigenvalue weighted by atomic mass is 10.2. The van der Waals surface area contributed by atoms with E-state index in [2.05, 4.69) is 23.2 Å². The van der Waals surface area contributed by atoms with Crippen molar-refractivity contribution in [2.24, 2.45) is 4.99 Å². The van der Waals surface area contributed by atoms with Crippen LogP contribution in [-0.4, -0.2) is 6.21 Å². The second-order valence-electron chi connectivity index (χ2n) is 2.51. The molecule has 0 atom stereocenters. The van der Waals surface area contributed by atoms with Crippen LogP contribution < -0.4 is 0 Å². The van der Waals surface area contributed by atoms with Crippen molar-refractivity contribution in [3.05, 3.63) is 36.1 Å². The summed E-state index contributed by atoms with van der Waals surface area (Å²) in [4.78, 5) is 4.20. The van der Waals surface area contributed by atoms with Crippen LogP contribution >= 0.6 is 0 Å². The van der Waals surface area contributed by atoms with Crippen LogP contribution in [0.25, 0.3) is 0 Å². The van der Waals surface area contributed by atoms with Crippen molar-refractivity contribution in [3.8, 4) is 0 Å². The van der Waals surface area contributed by atoms with E-state index < -0.39 is 0 Å². The van der Waals surface area contributed by atoms with Gasteiger partial charge in [-0.15, -0.1) is 0 Å².